The summed E-state index contributed by atoms with van der Waals surface area (Å²) in [6.07, 6.45) is 2.24. The van der Waals surface area contributed by atoms with Crippen LogP contribution in [0.1, 0.15) is 32.1 Å². The lowest BCUT2D eigenvalue weighted by atomic mass is 9.71. The van der Waals surface area contributed by atoms with E-state index in [9.17, 15) is 23.5 Å². The van der Waals surface area contributed by atoms with E-state index >= 15 is 0 Å². The second kappa shape index (κ2) is 6.55. The molecule has 0 spiro atoms. The number of fused-ring (bicyclic) bond motifs is 1. The minimum absolute atomic E-state index is 0.0770. The Morgan fingerprint density at radius 3 is 2.50 bits per heavy atom. The Bertz CT molecular complexity index is 516. The normalized spacial score (nSPS) is 39.8. The van der Waals surface area contributed by atoms with Crippen molar-refractivity contribution in [2.24, 2.45) is 17.8 Å². The van der Waals surface area contributed by atoms with Gasteiger partial charge < -0.3 is 15.5 Å². The van der Waals surface area contributed by atoms with E-state index in [2.05, 4.69) is 5.32 Å². The minimum atomic E-state index is -2.98. The number of rotatable bonds is 3. The molecule has 8 heteroatoms. The van der Waals surface area contributed by atoms with Crippen molar-refractivity contribution in [3.8, 4) is 0 Å². The van der Waals surface area contributed by atoms with Crippen LogP contribution in [0.15, 0.2) is 0 Å². The molecular weight excluding hydrogens is 322 g/mol. The van der Waals surface area contributed by atoms with Gasteiger partial charge in [0.15, 0.2) is 0 Å². The molecule has 0 aromatic rings. The highest BCUT2D eigenvalue weighted by atomic mass is 19.3. The summed E-state index contributed by atoms with van der Waals surface area (Å²) in [5.74, 6) is -5.46. The summed E-state index contributed by atoms with van der Waals surface area (Å²) < 4.78 is 27.9. The zero-order chi connectivity index (χ0) is 17.5. The van der Waals surface area contributed by atoms with Crippen LogP contribution in [0.25, 0.3) is 0 Å². The Morgan fingerprint density at radius 2 is 1.83 bits per heavy atom. The monoisotopic (exact) mass is 346 g/mol. The molecule has 3 aliphatic rings. The average molecular weight is 346 g/mol. The van der Waals surface area contributed by atoms with Gasteiger partial charge in [-0.1, -0.05) is 0 Å². The van der Waals surface area contributed by atoms with Gasteiger partial charge >= 0.3 is 11.9 Å². The van der Waals surface area contributed by atoms with E-state index in [1.807, 2.05) is 0 Å². The molecule has 0 bridgehead atoms. The van der Waals surface area contributed by atoms with Crippen LogP contribution in [0.5, 0.6) is 0 Å². The molecule has 0 amide bonds. The van der Waals surface area contributed by atoms with Crippen molar-refractivity contribution >= 4 is 11.9 Å². The fourth-order valence-corrected chi connectivity index (χ4v) is 4.64. The number of likely N-dealkylation sites (tertiary alicyclic amines) is 1. The number of nitrogens with zero attached hydrogens (tertiary/aromatic N) is 1. The fourth-order valence-electron chi connectivity index (χ4n) is 4.64. The molecule has 3 fully saturated rings. The third-order valence-electron chi connectivity index (χ3n) is 5.88. The molecule has 2 aliphatic heterocycles. The first-order chi connectivity index (χ1) is 11.2. The lowest BCUT2D eigenvalue weighted by Crippen LogP contribution is -2.56. The van der Waals surface area contributed by atoms with E-state index in [4.69, 9.17) is 5.11 Å². The number of halogens is 2. The van der Waals surface area contributed by atoms with Crippen LogP contribution in [0, 0.1) is 17.8 Å². The van der Waals surface area contributed by atoms with E-state index in [0.29, 0.717) is 25.3 Å². The Morgan fingerprint density at radius 1 is 1.08 bits per heavy atom. The number of hydrogen-bond acceptors (Lipinski definition) is 4. The molecule has 0 radical (unpaired) electrons. The number of nitrogens with one attached hydrogen (secondary N) is 1. The minimum Gasteiger partial charge on any atom is -0.481 e. The lowest BCUT2D eigenvalue weighted by molar-refractivity contribution is -0.156. The number of hydrogen-bond donors (Lipinski definition) is 3. The highest BCUT2D eigenvalue weighted by molar-refractivity contribution is 5.73. The number of aliphatic carboxylic acids is 2. The Labute approximate surface area is 139 Å². The zero-order valence-electron chi connectivity index (χ0n) is 13.5. The zero-order valence-corrected chi connectivity index (χ0v) is 13.5. The molecule has 6 nitrogen and oxygen atoms in total. The van der Waals surface area contributed by atoms with Crippen LogP contribution < -0.4 is 5.32 Å². The van der Waals surface area contributed by atoms with Gasteiger partial charge in [-0.2, -0.15) is 0 Å². The van der Waals surface area contributed by atoms with Crippen LogP contribution >= 0.6 is 0 Å². The summed E-state index contributed by atoms with van der Waals surface area (Å²) in [4.78, 5) is 24.0. The standard InChI is InChI=1S/C16H24F2N2O4/c17-16(18)5-11(14(21)22)7-20(8-16)12-2-1-9-6-19-13(15(23)24)4-10(9)3-12/h9-13,19H,1-8H2,(H,21,22)(H,23,24)/t9-,10+,11+,12-,13-/m0/s1. The first-order valence-corrected chi connectivity index (χ1v) is 8.56. The van der Waals surface area contributed by atoms with Crippen molar-refractivity contribution in [3.05, 3.63) is 0 Å². The summed E-state index contributed by atoms with van der Waals surface area (Å²) in [5.41, 5.74) is 0. The molecule has 1 aliphatic carbocycles. The number of carbonyl (C=O) groups is 2. The van der Waals surface area contributed by atoms with Gasteiger partial charge in [0.05, 0.1) is 12.5 Å². The highest BCUT2D eigenvalue weighted by Gasteiger charge is 2.47. The van der Waals surface area contributed by atoms with E-state index < -0.39 is 36.2 Å². The molecule has 3 rings (SSSR count). The predicted molar refractivity (Wildman–Crippen MR) is 80.9 cm³/mol. The largest absolute Gasteiger partial charge is 0.481 e. The van der Waals surface area contributed by atoms with E-state index in [1.165, 1.54) is 0 Å². The van der Waals surface area contributed by atoms with E-state index in [-0.39, 0.29) is 25.0 Å². The topological polar surface area (TPSA) is 89.9 Å². The number of carboxylic acid groups (broad SMARTS) is 2. The lowest BCUT2D eigenvalue weighted by Gasteiger charge is -2.47. The maximum atomic E-state index is 13.9. The summed E-state index contributed by atoms with van der Waals surface area (Å²) in [6, 6.07) is -0.647. The Kier molecular flexibility index (Phi) is 4.79. The summed E-state index contributed by atoms with van der Waals surface area (Å²) in [5, 5.41) is 21.3. The van der Waals surface area contributed by atoms with Gasteiger partial charge in [0.25, 0.3) is 5.92 Å². The molecule has 2 saturated heterocycles. The third kappa shape index (κ3) is 3.69. The van der Waals surface area contributed by atoms with Gasteiger partial charge in [-0.15, -0.1) is 0 Å². The highest BCUT2D eigenvalue weighted by Crippen LogP contribution is 2.40. The Balaban J connectivity index is 1.66. The van der Waals surface area contributed by atoms with Crippen molar-refractivity contribution in [2.45, 2.75) is 50.1 Å². The molecule has 1 saturated carbocycles. The van der Waals surface area contributed by atoms with Crippen molar-refractivity contribution in [2.75, 3.05) is 19.6 Å². The average Bonchev–Trinajstić information content (AvgIpc) is 2.52. The van der Waals surface area contributed by atoms with Crippen molar-refractivity contribution in [1.82, 2.24) is 10.2 Å². The number of carboxylic acids is 2. The smallest absolute Gasteiger partial charge is 0.320 e. The van der Waals surface area contributed by atoms with Crippen LogP contribution in [0.4, 0.5) is 8.78 Å². The molecule has 2 heterocycles. The van der Waals surface area contributed by atoms with Gasteiger partial charge in [0.1, 0.15) is 6.04 Å². The van der Waals surface area contributed by atoms with Crippen molar-refractivity contribution < 1.29 is 28.6 Å². The summed E-state index contributed by atoms with van der Waals surface area (Å²) >= 11 is 0. The van der Waals surface area contributed by atoms with Gasteiger partial charge in [0.2, 0.25) is 0 Å². The summed E-state index contributed by atoms with van der Waals surface area (Å²) in [7, 11) is 0. The summed E-state index contributed by atoms with van der Waals surface area (Å²) in [6.45, 7) is 0.426. The third-order valence-corrected chi connectivity index (χ3v) is 5.88. The molecule has 0 aromatic carbocycles. The Hall–Kier alpha value is -1.28. The van der Waals surface area contributed by atoms with Crippen molar-refractivity contribution in [3.63, 3.8) is 0 Å². The van der Waals surface area contributed by atoms with Gasteiger partial charge in [-0.05, 0) is 44.1 Å². The first kappa shape index (κ1) is 17.5. The van der Waals surface area contributed by atoms with Crippen molar-refractivity contribution in [1.29, 1.82) is 0 Å². The molecule has 3 N–H and O–H groups in total. The van der Waals surface area contributed by atoms with Crippen LogP contribution in [0.3, 0.4) is 0 Å². The van der Waals surface area contributed by atoms with Gasteiger partial charge in [-0.3, -0.25) is 14.5 Å². The molecule has 136 valence electrons. The quantitative estimate of drug-likeness (QED) is 0.713. The van der Waals surface area contributed by atoms with E-state index in [1.54, 1.807) is 4.90 Å². The molecule has 0 unspecified atom stereocenters. The van der Waals surface area contributed by atoms with Crippen LogP contribution in [-0.4, -0.2) is 64.7 Å². The number of alkyl halides is 2. The maximum absolute atomic E-state index is 13.9. The molecular formula is C16H24F2N2O4. The predicted octanol–water partition coefficient (Wildman–Crippen LogP) is 1.26. The molecule has 0 aromatic heterocycles. The fraction of sp³-hybridized carbons (Fsp3) is 0.875. The molecule has 5 atom stereocenters. The maximum Gasteiger partial charge on any atom is 0.320 e. The van der Waals surface area contributed by atoms with Crippen LogP contribution in [0.2, 0.25) is 0 Å². The molecule has 24 heavy (non-hydrogen) atoms. The van der Waals surface area contributed by atoms with E-state index in [0.717, 1.165) is 12.8 Å². The van der Waals surface area contributed by atoms with Gasteiger partial charge in [0, 0.05) is 19.0 Å². The second-order valence-corrected chi connectivity index (χ2v) is 7.55. The first-order valence-electron chi connectivity index (χ1n) is 8.56. The van der Waals surface area contributed by atoms with Crippen LogP contribution in [-0.2, 0) is 9.59 Å². The SMILES string of the molecule is O=C(O)[C@H]1CN([C@H]2CC[C@H]3CN[C@H](C(=O)O)C[C@H]3C2)CC(F)(F)C1. The number of piperidine rings is 2. The second-order valence-electron chi connectivity index (χ2n) is 7.55. The van der Waals surface area contributed by atoms with Gasteiger partial charge in [-0.25, -0.2) is 8.78 Å².